The lowest BCUT2D eigenvalue weighted by Gasteiger charge is -2.40. The summed E-state index contributed by atoms with van der Waals surface area (Å²) in [4.78, 5) is 18.9. The Kier molecular flexibility index (Phi) is 6.23. The molecule has 3 rings (SSSR count). The Morgan fingerprint density at radius 1 is 1.31 bits per heavy atom. The molecule has 1 aliphatic heterocycles. The molecule has 2 heterocycles. The third-order valence-corrected chi connectivity index (χ3v) is 5.07. The largest absolute Gasteiger partial charge is 0.336 e. The first kappa shape index (κ1) is 18.4. The highest BCUT2D eigenvalue weighted by molar-refractivity contribution is 5.77. The minimum Gasteiger partial charge on any atom is -0.336 e. The minimum atomic E-state index is 0.0480. The van der Waals surface area contributed by atoms with E-state index in [-0.39, 0.29) is 11.9 Å². The van der Waals surface area contributed by atoms with Gasteiger partial charge >= 0.3 is 0 Å². The average Bonchev–Trinajstić information content (AvgIpc) is 3.08. The number of carbonyl (C=O) groups excluding carboxylic acids is 1. The van der Waals surface area contributed by atoms with Crippen molar-refractivity contribution in [2.75, 3.05) is 19.6 Å². The van der Waals surface area contributed by atoms with Gasteiger partial charge in [-0.25, -0.2) is 4.98 Å². The summed E-state index contributed by atoms with van der Waals surface area (Å²) in [5.41, 5.74) is 1.21. The number of aryl methyl sites for hydroxylation is 1. The van der Waals surface area contributed by atoms with Crippen LogP contribution >= 0.6 is 0 Å². The molecule has 1 amide bonds. The first-order valence-corrected chi connectivity index (χ1v) is 9.39. The Morgan fingerprint density at radius 3 is 2.81 bits per heavy atom. The fourth-order valence-corrected chi connectivity index (χ4v) is 3.73. The van der Waals surface area contributed by atoms with Crippen LogP contribution in [0, 0.1) is 5.92 Å². The van der Waals surface area contributed by atoms with Gasteiger partial charge in [-0.3, -0.25) is 4.79 Å². The summed E-state index contributed by atoms with van der Waals surface area (Å²) in [5.74, 6) is 1.59. The van der Waals surface area contributed by atoms with Crippen LogP contribution in [0.1, 0.15) is 37.2 Å². The lowest BCUT2D eigenvalue weighted by Crippen LogP contribution is -2.46. The maximum atomic E-state index is 12.4. The number of nitrogens with zero attached hydrogens (tertiary/aromatic N) is 3. The van der Waals surface area contributed by atoms with Gasteiger partial charge < -0.3 is 14.8 Å². The number of likely N-dealkylation sites (tertiary alicyclic amines) is 1. The van der Waals surface area contributed by atoms with Gasteiger partial charge in [-0.05, 0) is 24.8 Å². The quantitative estimate of drug-likeness (QED) is 0.779. The van der Waals surface area contributed by atoms with Crippen molar-refractivity contribution in [3.05, 3.63) is 60.2 Å². The third-order valence-electron chi connectivity index (χ3n) is 5.07. The molecule has 0 bridgehead atoms. The van der Waals surface area contributed by atoms with E-state index in [0.717, 1.165) is 31.9 Å². The predicted octanol–water partition coefficient (Wildman–Crippen LogP) is 3.02. The van der Waals surface area contributed by atoms with E-state index in [2.05, 4.69) is 34.6 Å². The highest BCUT2D eigenvalue weighted by atomic mass is 16.2. The molecule has 5 nitrogen and oxygen atoms in total. The molecule has 1 aromatic heterocycles. The topological polar surface area (TPSA) is 50.2 Å². The van der Waals surface area contributed by atoms with Gasteiger partial charge in [0, 0.05) is 45.5 Å². The van der Waals surface area contributed by atoms with Crippen LogP contribution in [0.4, 0.5) is 0 Å². The number of amides is 1. The summed E-state index contributed by atoms with van der Waals surface area (Å²) in [6.07, 6.45) is 9.58. The van der Waals surface area contributed by atoms with Crippen molar-refractivity contribution in [2.24, 2.45) is 13.0 Å². The van der Waals surface area contributed by atoms with Crippen molar-refractivity contribution >= 4 is 12.0 Å². The molecule has 2 atom stereocenters. The highest BCUT2D eigenvalue weighted by Crippen LogP contribution is 2.35. The zero-order chi connectivity index (χ0) is 18.4. The Labute approximate surface area is 155 Å². The molecule has 0 aliphatic carbocycles. The van der Waals surface area contributed by atoms with Gasteiger partial charge in [0.25, 0.3) is 0 Å². The molecule has 2 aromatic rings. The van der Waals surface area contributed by atoms with E-state index in [4.69, 9.17) is 0 Å². The molecule has 0 spiro atoms. The SMILES string of the molecule is CCN1C(=O)CC[C@H](CNC/C=C/c2ccccc2)[C@H]1c1nccn1C. The molecule has 0 unspecified atom stereocenters. The number of nitrogens with one attached hydrogen (secondary N) is 1. The average molecular weight is 352 g/mol. The number of imidazole rings is 1. The van der Waals surface area contributed by atoms with Crippen molar-refractivity contribution in [1.29, 1.82) is 0 Å². The lowest BCUT2D eigenvalue weighted by atomic mass is 9.87. The van der Waals surface area contributed by atoms with Gasteiger partial charge in [-0.2, -0.15) is 0 Å². The van der Waals surface area contributed by atoms with Crippen molar-refractivity contribution in [3.63, 3.8) is 0 Å². The van der Waals surface area contributed by atoms with E-state index in [0.29, 0.717) is 12.3 Å². The maximum Gasteiger partial charge on any atom is 0.223 e. The van der Waals surface area contributed by atoms with Gasteiger partial charge in [0.2, 0.25) is 5.91 Å². The molecule has 5 heteroatoms. The van der Waals surface area contributed by atoms with Crippen LogP contribution in [0.3, 0.4) is 0 Å². The number of aromatic nitrogens is 2. The zero-order valence-electron chi connectivity index (χ0n) is 15.6. The molecule has 1 fully saturated rings. The van der Waals surface area contributed by atoms with Crippen molar-refractivity contribution < 1.29 is 4.79 Å². The Bertz CT molecular complexity index is 737. The van der Waals surface area contributed by atoms with Crippen LogP contribution in [0.2, 0.25) is 0 Å². The first-order valence-electron chi connectivity index (χ1n) is 9.39. The molecule has 1 saturated heterocycles. The van der Waals surface area contributed by atoms with E-state index in [9.17, 15) is 4.79 Å². The molecular weight excluding hydrogens is 324 g/mol. The maximum absolute atomic E-state index is 12.4. The first-order chi connectivity index (χ1) is 12.7. The van der Waals surface area contributed by atoms with Crippen LogP contribution in [0.15, 0.2) is 48.8 Å². The van der Waals surface area contributed by atoms with Gasteiger partial charge in [0.15, 0.2) is 0 Å². The number of piperidine rings is 1. The highest BCUT2D eigenvalue weighted by Gasteiger charge is 2.37. The second-order valence-electron chi connectivity index (χ2n) is 6.79. The predicted molar refractivity (Wildman–Crippen MR) is 104 cm³/mol. The number of benzene rings is 1. The normalized spacial score (nSPS) is 20.8. The molecular formula is C21H28N4O. The van der Waals surface area contributed by atoms with E-state index >= 15 is 0 Å². The summed E-state index contributed by atoms with van der Waals surface area (Å²) in [6.45, 7) is 4.46. The fraction of sp³-hybridized carbons (Fsp3) is 0.429. The molecule has 0 radical (unpaired) electrons. The van der Waals surface area contributed by atoms with Crippen molar-refractivity contribution in [2.45, 2.75) is 25.8 Å². The summed E-state index contributed by atoms with van der Waals surface area (Å²) < 4.78 is 2.04. The molecule has 1 aliphatic rings. The Morgan fingerprint density at radius 2 is 2.12 bits per heavy atom. The fourth-order valence-electron chi connectivity index (χ4n) is 3.73. The molecule has 138 valence electrons. The van der Waals surface area contributed by atoms with Gasteiger partial charge in [-0.15, -0.1) is 0 Å². The zero-order valence-corrected chi connectivity index (χ0v) is 15.6. The van der Waals surface area contributed by atoms with Gasteiger partial charge in [0.1, 0.15) is 5.82 Å². The molecule has 26 heavy (non-hydrogen) atoms. The van der Waals surface area contributed by atoms with Crippen LogP contribution < -0.4 is 5.32 Å². The monoisotopic (exact) mass is 352 g/mol. The van der Waals surface area contributed by atoms with E-state index in [1.807, 2.05) is 54.0 Å². The van der Waals surface area contributed by atoms with Gasteiger partial charge in [-0.1, -0.05) is 42.5 Å². The van der Waals surface area contributed by atoms with Crippen molar-refractivity contribution in [3.8, 4) is 0 Å². The smallest absolute Gasteiger partial charge is 0.223 e. The molecule has 1 N–H and O–H groups in total. The van der Waals surface area contributed by atoms with Crippen LogP contribution in [-0.4, -0.2) is 40.0 Å². The second kappa shape index (κ2) is 8.81. The summed E-state index contributed by atoms with van der Waals surface area (Å²) in [7, 11) is 2.00. The third kappa shape index (κ3) is 4.22. The summed E-state index contributed by atoms with van der Waals surface area (Å²) in [5, 5.41) is 3.53. The van der Waals surface area contributed by atoms with Crippen molar-refractivity contribution in [1.82, 2.24) is 19.8 Å². The van der Waals surface area contributed by atoms with Crippen LogP contribution in [0.25, 0.3) is 6.08 Å². The second-order valence-corrected chi connectivity index (χ2v) is 6.79. The number of rotatable bonds is 7. The number of hydrogen-bond donors (Lipinski definition) is 1. The Hall–Kier alpha value is -2.40. The molecule has 1 aromatic carbocycles. The van der Waals surface area contributed by atoms with E-state index in [1.165, 1.54) is 5.56 Å². The Balaban J connectivity index is 1.62. The minimum absolute atomic E-state index is 0.0480. The standard InChI is InChI=1S/C21H28N4O/c1-3-25-19(26)12-11-18(20(25)21-23-14-15-24(21)2)16-22-13-7-10-17-8-5-4-6-9-17/h4-10,14-15,18,20,22H,3,11-13,16H2,1-2H3/b10-7+/t18-,20+/m1/s1. The van der Waals surface area contributed by atoms with Crippen LogP contribution in [0.5, 0.6) is 0 Å². The van der Waals surface area contributed by atoms with E-state index < -0.39 is 0 Å². The van der Waals surface area contributed by atoms with E-state index in [1.54, 1.807) is 0 Å². The number of carbonyl (C=O) groups is 1. The molecule has 0 saturated carbocycles. The van der Waals surface area contributed by atoms with Crippen LogP contribution in [-0.2, 0) is 11.8 Å². The number of hydrogen-bond acceptors (Lipinski definition) is 3. The summed E-state index contributed by atoms with van der Waals surface area (Å²) in [6, 6.07) is 10.4. The van der Waals surface area contributed by atoms with Gasteiger partial charge in [0.05, 0.1) is 6.04 Å². The summed E-state index contributed by atoms with van der Waals surface area (Å²) >= 11 is 0. The lowest BCUT2D eigenvalue weighted by molar-refractivity contribution is -0.139.